The highest BCUT2D eigenvalue weighted by atomic mass is 16.6. The Kier molecular flexibility index (Phi) is 3.72. The molecular weight excluding hydrogens is 216 g/mol. The lowest BCUT2D eigenvalue weighted by Crippen LogP contribution is -2.30. The van der Waals surface area contributed by atoms with Crippen molar-refractivity contribution in [2.75, 3.05) is 0 Å². The molecule has 0 saturated heterocycles. The summed E-state index contributed by atoms with van der Waals surface area (Å²) < 4.78 is 1.38. The van der Waals surface area contributed by atoms with Crippen molar-refractivity contribution in [3.63, 3.8) is 0 Å². The second-order valence-electron chi connectivity index (χ2n) is 3.01. The fourth-order valence-corrected chi connectivity index (χ4v) is 1.09. The van der Waals surface area contributed by atoms with E-state index in [-0.39, 0.29) is 18.9 Å². The van der Waals surface area contributed by atoms with Gasteiger partial charge in [0.2, 0.25) is 5.91 Å². The normalized spacial score (nSPS) is 9.81. The summed E-state index contributed by atoms with van der Waals surface area (Å²) in [6.07, 6.45) is 2.54. The van der Waals surface area contributed by atoms with E-state index in [1.54, 1.807) is 0 Å². The number of nitrogens with one attached hydrogen (secondary N) is 1. The lowest BCUT2D eigenvalue weighted by atomic mass is 10.3. The minimum absolute atomic E-state index is 0.0799. The number of aromatic nitrogens is 1. The molecule has 8 heteroatoms. The molecule has 1 rings (SSSR count). The number of amides is 1. The molecule has 0 aromatic carbocycles. The summed E-state index contributed by atoms with van der Waals surface area (Å²) in [4.78, 5) is 31.6. The van der Waals surface area contributed by atoms with Crippen LogP contribution in [-0.4, -0.2) is 15.4 Å². The van der Waals surface area contributed by atoms with Gasteiger partial charge in [0.05, 0.1) is 11.1 Å². The van der Waals surface area contributed by atoms with Gasteiger partial charge in [-0.15, -0.1) is 0 Å². The highest BCUT2D eigenvalue weighted by Gasteiger charge is 2.11. The molecule has 0 bridgehead atoms. The molecule has 0 aliphatic carbocycles. The predicted octanol–water partition coefficient (Wildman–Crippen LogP) is -0.863. The molecule has 0 saturated carbocycles. The van der Waals surface area contributed by atoms with Crippen molar-refractivity contribution in [2.45, 2.75) is 13.0 Å². The number of carbonyl (C=O) groups excluding carboxylic acids is 1. The molecule has 16 heavy (non-hydrogen) atoms. The van der Waals surface area contributed by atoms with Crippen molar-refractivity contribution in [2.24, 2.45) is 5.84 Å². The summed E-state index contributed by atoms with van der Waals surface area (Å²) >= 11 is 0. The quantitative estimate of drug-likeness (QED) is 0.299. The van der Waals surface area contributed by atoms with Gasteiger partial charge in [0, 0.05) is 25.2 Å². The van der Waals surface area contributed by atoms with E-state index in [1.807, 2.05) is 5.43 Å². The molecule has 0 unspecified atom stereocenters. The maximum Gasteiger partial charge on any atom is 0.332 e. The van der Waals surface area contributed by atoms with E-state index in [2.05, 4.69) is 0 Å². The summed E-state index contributed by atoms with van der Waals surface area (Å²) in [7, 11) is 0. The molecule has 1 amide bonds. The molecule has 1 aromatic heterocycles. The maximum atomic E-state index is 11.1. The Hall–Kier alpha value is -2.22. The smallest absolute Gasteiger partial charge is 0.332 e. The van der Waals surface area contributed by atoms with Crippen molar-refractivity contribution in [3.8, 4) is 0 Å². The molecule has 8 nitrogen and oxygen atoms in total. The molecule has 3 N–H and O–H groups in total. The summed E-state index contributed by atoms with van der Waals surface area (Å²) in [5.74, 6) is 4.48. The first-order chi connectivity index (χ1) is 7.54. The van der Waals surface area contributed by atoms with Gasteiger partial charge in [0.1, 0.15) is 0 Å². The van der Waals surface area contributed by atoms with Crippen molar-refractivity contribution in [1.82, 2.24) is 9.99 Å². The molecular formula is C8H10N4O4. The third-order valence-corrected chi connectivity index (χ3v) is 1.91. The maximum absolute atomic E-state index is 11.1. The zero-order chi connectivity index (χ0) is 12.1. The number of hydrazine groups is 1. The molecule has 0 atom stereocenters. The van der Waals surface area contributed by atoms with Gasteiger partial charge in [-0.1, -0.05) is 0 Å². The number of hydrogen-bond acceptors (Lipinski definition) is 5. The zero-order valence-electron chi connectivity index (χ0n) is 8.25. The average molecular weight is 226 g/mol. The molecule has 1 aromatic rings. The van der Waals surface area contributed by atoms with Crippen molar-refractivity contribution >= 4 is 11.6 Å². The SMILES string of the molecule is NNC(=O)CCn1ccc(=O)c([N+](=O)[O-])c1. The van der Waals surface area contributed by atoms with E-state index in [9.17, 15) is 19.7 Å². The third kappa shape index (κ3) is 2.89. The van der Waals surface area contributed by atoms with E-state index in [0.717, 1.165) is 12.3 Å². The Morgan fingerprint density at radius 1 is 1.62 bits per heavy atom. The second kappa shape index (κ2) is 5.03. The summed E-state index contributed by atoms with van der Waals surface area (Å²) in [6, 6.07) is 1.08. The molecule has 0 radical (unpaired) electrons. The largest absolute Gasteiger partial charge is 0.348 e. The van der Waals surface area contributed by atoms with Crippen molar-refractivity contribution < 1.29 is 9.72 Å². The van der Waals surface area contributed by atoms with E-state index in [0.29, 0.717) is 0 Å². The van der Waals surface area contributed by atoms with Crippen LogP contribution in [0.5, 0.6) is 0 Å². The Balaban J connectivity index is 2.83. The number of nitro groups is 1. The first kappa shape index (κ1) is 11.9. The predicted molar refractivity (Wildman–Crippen MR) is 54.3 cm³/mol. The van der Waals surface area contributed by atoms with Gasteiger partial charge in [-0.25, -0.2) is 5.84 Å². The fourth-order valence-electron chi connectivity index (χ4n) is 1.09. The number of carbonyl (C=O) groups is 1. The molecule has 1 heterocycles. The lowest BCUT2D eigenvalue weighted by Gasteiger charge is -2.04. The molecule has 0 fully saturated rings. The van der Waals surface area contributed by atoms with Gasteiger partial charge in [-0.05, 0) is 0 Å². The Morgan fingerprint density at radius 3 is 2.88 bits per heavy atom. The fraction of sp³-hybridized carbons (Fsp3) is 0.250. The van der Waals surface area contributed by atoms with Crippen LogP contribution in [0.4, 0.5) is 5.69 Å². The van der Waals surface area contributed by atoms with Crippen LogP contribution in [0.25, 0.3) is 0 Å². The van der Waals surface area contributed by atoms with Gasteiger partial charge >= 0.3 is 5.69 Å². The minimum atomic E-state index is -0.762. The Morgan fingerprint density at radius 2 is 2.31 bits per heavy atom. The number of hydrogen-bond donors (Lipinski definition) is 2. The minimum Gasteiger partial charge on any atom is -0.348 e. The Labute approximate surface area is 89.8 Å². The molecule has 0 aliphatic heterocycles. The molecule has 86 valence electrons. The second-order valence-corrected chi connectivity index (χ2v) is 3.01. The average Bonchev–Trinajstić information content (AvgIpc) is 2.27. The zero-order valence-corrected chi connectivity index (χ0v) is 8.25. The first-order valence-electron chi connectivity index (χ1n) is 4.38. The van der Waals surface area contributed by atoms with Crippen LogP contribution in [0.1, 0.15) is 6.42 Å². The standard InChI is InChI=1S/C8H10N4O4/c9-10-8(14)2-4-11-3-1-7(13)6(5-11)12(15)16/h1,3,5H,2,4,9H2,(H,10,14). The van der Waals surface area contributed by atoms with Crippen molar-refractivity contribution in [3.05, 3.63) is 38.8 Å². The van der Waals surface area contributed by atoms with E-state index >= 15 is 0 Å². The molecule has 0 spiro atoms. The van der Waals surface area contributed by atoms with E-state index in [1.165, 1.54) is 10.8 Å². The van der Waals surface area contributed by atoms with Crippen LogP contribution in [0.2, 0.25) is 0 Å². The van der Waals surface area contributed by atoms with Crippen molar-refractivity contribution in [1.29, 1.82) is 0 Å². The number of aryl methyl sites for hydroxylation is 1. The third-order valence-electron chi connectivity index (χ3n) is 1.91. The lowest BCUT2D eigenvalue weighted by molar-refractivity contribution is -0.386. The number of pyridine rings is 1. The van der Waals surface area contributed by atoms with Gasteiger partial charge in [-0.2, -0.15) is 0 Å². The first-order valence-corrected chi connectivity index (χ1v) is 4.38. The topological polar surface area (TPSA) is 120 Å². The number of nitrogens with zero attached hydrogens (tertiary/aromatic N) is 2. The van der Waals surface area contributed by atoms with E-state index < -0.39 is 16.0 Å². The summed E-state index contributed by atoms with van der Waals surface area (Å²) in [5.41, 5.74) is 0.756. The van der Waals surface area contributed by atoms with Crippen LogP contribution in [0.3, 0.4) is 0 Å². The monoisotopic (exact) mass is 226 g/mol. The van der Waals surface area contributed by atoms with Crippen LogP contribution >= 0.6 is 0 Å². The molecule has 0 aliphatic rings. The Bertz CT molecular complexity index is 467. The number of nitrogens with two attached hydrogens (primary N) is 1. The summed E-state index contributed by atoms with van der Waals surface area (Å²) in [5, 5.41) is 10.5. The highest BCUT2D eigenvalue weighted by Crippen LogP contribution is 2.02. The van der Waals surface area contributed by atoms with Gasteiger partial charge in [0.15, 0.2) is 0 Å². The number of rotatable bonds is 4. The van der Waals surface area contributed by atoms with Crippen LogP contribution in [-0.2, 0) is 11.3 Å². The van der Waals surface area contributed by atoms with Crippen LogP contribution in [0, 0.1) is 10.1 Å². The van der Waals surface area contributed by atoms with E-state index in [4.69, 9.17) is 5.84 Å². The van der Waals surface area contributed by atoms with Gasteiger partial charge in [0.25, 0.3) is 5.43 Å². The van der Waals surface area contributed by atoms with Gasteiger partial charge in [-0.3, -0.25) is 25.1 Å². The summed E-state index contributed by atoms with van der Waals surface area (Å²) in [6.45, 7) is 0.212. The van der Waals surface area contributed by atoms with Gasteiger partial charge < -0.3 is 4.57 Å². The highest BCUT2D eigenvalue weighted by molar-refractivity contribution is 5.75. The van der Waals surface area contributed by atoms with Crippen LogP contribution in [0.15, 0.2) is 23.3 Å². The van der Waals surface area contributed by atoms with Crippen LogP contribution < -0.4 is 16.7 Å².